The fraction of sp³-hybridized carbons (Fsp3) is 0.200. The van der Waals surface area contributed by atoms with Gasteiger partial charge in [0.1, 0.15) is 11.5 Å². The number of hydrogen-bond donors (Lipinski definition) is 3. The summed E-state index contributed by atoms with van der Waals surface area (Å²) in [5.41, 5.74) is 2.37. The van der Waals surface area contributed by atoms with Gasteiger partial charge in [0.05, 0.1) is 65.1 Å². The van der Waals surface area contributed by atoms with E-state index in [0.29, 0.717) is 39.2 Å². The highest BCUT2D eigenvalue weighted by Gasteiger charge is 2.36. The average molecular weight is 573 g/mol. The SMILES string of the molecule is CCOC(=O)c1ccc(NC(=O)C2=C(C)NC(SCC(=O)Nc3ccccc3OC)=C(C#N)[C@@H]2c2ccco2)cc1. The topological polar surface area (TPSA) is 143 Å². The predicted octanol–water partition coefficient (Wildman–Crippen LogP) is 5.17. The summed E-state index contributed by atoms with van der Waals surface area (Å²) in [7, 11) is 1.52. The Morgan fingerprint density at radius 3 is 2.49 bits per heavy atom. The molecule has 0 saturated carbocycles. The van der Waals surface area contributed by atoms with Crippen molar-refractivity contribution in [1.29, 1.82) is 5.26 Å². The third-order valence-electron chi connectivity index (χ3n) is 6.10. The standard InChI is InChI=1S/C30H28N4O6S/c1-4-39-30(37)19-11-13-20(14-12-19)33-28(36)26-18(2)32-29(21(16-31)27(26)24-10-7-15-40-24)41-17-25(35)34-22-8-5-6-9-23(22)38-3/h5-15,27,32H,4,17H2,1-3H3,(H,33,36)(H,34,35)/t27-/m1/s1. The molecule has 0 saturated heterocycles. The van der Waals surface area contributed by atoms with E-state index in [1.54, 1.807) is 74.5 Å². The van der Waals surface area contributed by atoms with Gasteiger partial charge < -0.3 is 29.8 Å². The number of furan rings is 1. The molecular weight excluding hydrogens is 544 g/mol. The third kappa shape index (κ3) is 6.80. The van der Waals surface area contributed by atoms with Gasteiger partial charge in [0.25, 0.3) is 5.91 Å². The summed E-state index contributed by atoms with van der Waals surface area (Å²) in [4.78, 5) is 38.2. The van der Waals surface area contributed by atoms with Crippen LogP contribution in [0.25, 0.3) is 0 Å². The molecule has 0 radical (unpaired) electrons. The quantitative estimate of drug-likeness (QED) is 0.280. The number of hydrogen-bond acceptors (Lipinski definition) is 9. The first-order chi connectivity index (χ1) is 19.9. The largest absolute Gasteiger partial charge is 0.495 e. The van der Waals surface area contributed by atoms with Crippen molar-refractivity contribution in [2.75, 3.05) is 30.1 Å². The molecule has 0 aliphatic carbocycles. The summed E-state index contributed by atoms with van der Waals surface area (Å²) in [5, 5.41) is 19.4. The maximum absolute atomic E-state index is 13.5. The van der Waals surface area contributed by atoms with Gasteiger partial charge in [0, 0.05) is 11.4 Å². The number of allylic oxidation sites excluding steroid dienone is 2. The summed E-state index contributed by atoms with van der Waals surface area (Å²) >= 11 is 1.14. The molecule has 2 aromatic carbocycles. The lowest BCUT2D eigenvalue weighted by molar-refractivity contribution is -0.114. The lowest BCUT2D eigenvalue weighted by Crippen LogP contribution is -2.31. The summed E-state index contributed by atoms with van der Waals surface area (Å²) in [5.74, 6) is -1.08. The molecule has 3 aromatic rings. The molecule has 0 spiro atoms. The summed E-state index contributed by atoms with van der Waals surface area (Å²) < 4.78 is 15.9. The number of benzene rings is 2. The molecule has 10 nitrogen and oxygen atoms in total. The zero-order chi connectivity index (χ0) is 29.4. The van der Waals surface area contributed by atoms with Gasteiger partial charge in [-0.3, -0.25) is 9.59 Å². The van der Waals surface area contributed by atoms with Crippen LogP contribution in [-0.2, 0) is 14.3 Å². The minimum absolute atomic E-state index is 0.00192. The van der Waals surface area contributed by atoms with Gasteiger partial charge in [-0.1, -0.05) is 23.9 Å². The first-order valence-corrected chi connectivity index (χ1v) is 13.6. The van der Waals surface area contributed by atoms with Crippen molar-refractivity contribution in [2.45, 2.75) is 19.8 Å². The lowest BCUT2D eigenvalue weighted by atomic mass is 9.85. The Morgan fingerprint density at radius 2 is 1.83 bits per heavy atom. The average Bonchev–Trinajstić information content (AvgIpc) is 3.51. The van der Waals surface area contributed by atoms with Crippen LogP contribution in [0.15, 0.2) is 93.2 Å². The number of carbonyl (C=O) groups is 3. The second kappa shape index (κ2) is 13.4. The Balaban J connectivity index is 1.55. The van der Waals surface area contributed by atoms with Gasteiger partial charge in [-0.15, -0.1) is 0 Å². The van der Waals surface area contributed by atoms with E-state index in [2.05, 4.69) is 22.0 Å². The molecule has 2 amide bonds. The van der Waals surface area contributed by atoms with Crippen LogP contribution in [0.4, 0.5) is 11.4 Å². The van der Waals surface area contributed by atoms with E-state index in [1.165, 1.54) is 13.4 Å². The molecule has 4 rings (SSSR count). The Labute approximate surface area is 241 Å². The number of rotatable bonds is 10. The van der Waals surface area contributed by atoms with Gasteiger partial charge in [-0.05, 0) is 62.4 Å². The molecule has 2 heterocycles. The van der Waals surface area contributed by atoms with Gasteiger partial charge >= 0.3 is 5.97 Å². The van der Waals surface area contributed by atoms with Gasteiger partial charge in [0.2, 0.25) is 5.91 Å². The number of amides is 2. The van der Waals surface area contributed by atoms with Crippen molar-refractivity contribution in [3.8, 4) is 11.8 Å². The second-order valence-electron chi connectivity index (χ2n) is 8.76. The summed E-state index contributed by atoms with van der Waals surface area (Å²) in [6.07, 6.45) is 1.47. The van der Waals surface area contributed by atoms with E-state index in [1.807, 2.05) is 0 Å². The number of thioether (sulfide) groups is 1. The molecule has 3 N–H and O–H groups in total. The van der Waals surface area contributed by atoms with Crippen LogP contribution >= 0.6 is 11.8 Å². The Morgan fingerprint density at radius 1 is 1.07 bits per heavy atom. The van der Waals surface area contributed by atoms with Crippen LogP contribution in [0.2, 0.25) is 0 Å². The molecule has 41 heavy (non-hydrogen) atoms. The van der Waals surface area contributed by atoms with Crippen molar-refractivity contribution in [3.63, 3.8) is 0 Å². The van der Waals surface area contributed by atoms with Crippen molar-refractivity contribution in [2.24, 2.45) is 0 Å². The molecule has 210 valence electrons. The molecule has 1 aliphatic heterocycles. The van der Waals surface area contributed by atoms with E-state index >= 15 is 0 Å². The number of nitriles is 1. The minimum atomic E-state index is -0.810. The van der Waals surface area contributed by atoms with E-state index < -0.39 is 17.8 Å². The number of nitrogens with one attached hydrogen (secondary N) is 3. The number of ether oxygens (including phenoxy) is 2. The van der Waals surface area contributed by atoms with Gasteiger partial charge in [-0.2, -0.15) is 5.26 Å². The normalized spacial score (nSPS) is 14.5. The molecule has 1 atom stereocenters. The number of carbonyl (C=O) groups excluding carboxylic acids is 3. The van der Waals surface area contributed by atoms with Crippen molar-refractivity contribution < 1.29 is 28.3 Å². The zero-order valence-corrected chi connectivity index (χ0v) is 23.5. The number of methoxy groups -OCH3 is 1. The number of esters is 1. The molecule has 1 aliphatic rings. The number of anilines is 2. The Hall–Kier alpha value is -4.95. The fourth-order valence-corrected chi connectivity index (χ4v) is 5.13. The van der Waals surface area contributed by atoms with Gasteiger partial charge in [0.15, 0.2) is 0 Å². The number of para-hydroxylation sites is 2. The highest BCUT2D eigenvalue weighted by atomic mass is 32.2. The maximum Gasteiger partial charge on any atom is 0.338 e. The van der Waals surface area contributed by atoms with E-state index in [0.717, 1.165) is 11.8 Å². The monoisotopic (exact) mass is 572 g/mol. The van der Waals surface area contributed by atoms with E-state index in [-0.39, 0.29) is 29.4 Å². The highest BCUT2D eigenvalue weighted by molar-refractivity contribution is 8.03. The molecule has 0 fully saturated rings. The molecule has 11 heteroatoms. The zero-order valence-electron chi connectivity index (χ0n) is 22.6. The second-order valence-corrected chi connectivity index (χ2v) is 9.74. The first-order valence-electron chi connectivity index (χ1n) is 12.7. The van der Waals surface area contributed by atoms with E-state index in [4.69, 9.17) is 13.9 Å². The van der Waals surface area contributed by atoms with Gasteiger partial charge in [-0.25, -0.2) is 4.79 Å². The van der Waals surface area contributed by atoms with Crippen molar-refractivity contribution in [3.05, 3.63) is 100 Å². The summed E-state index contributed by atoms with van der Waals surface area (Å²) in [6, 6.07) is 18.9. The predicted molar refractivity (Wildman–Crippen MR) is 155 cm³/mol. The minimum Gasteiger partial charge on any atom is -0.495 e. The van der Waals surface area contributed by atoms with Crippen LogP contribution in [0.5, 0.6) is 5.75 Å². The van der Waals surface area contributed by atoms with Crippen LogP contribution in [0, 0.1) is 11.3 Å². The lowest BCUT2D eigenvalue weighted by Gasteiger charge is -2.28. The number of dihydropyridines is 1. The molecule has 0 bridgehead atoms. The van der Waals surface area contributed by atoms with Crippen LogP contribution in [0.3, 0.4) is 0 Å². The van der Waals surface area contributed by atoms with Crippen molar-refractivity contribution >= 4 is 40.9 Å². The first kappa shape index (κ1) is 29.0. The van der Waals surface area contributed by atoms with Crippen LogP contribution in [0.1, 0.15) is 35.9 Å². The molecular formula is C30H28N4O6S. The van der Waals surface area contributed by atoms with Crippen LogP contribution < -0.4 is 20.7 Å². The fourth-order valence-electron chi connectivity index (χ4n) is 4.24. The Kier molecular flexibility index (Phi) is 9.50. The summed E-state index contributed by atoms with van der Waals surface area (Å²) in [6.45, 7) is 3.70. The molecule has 1 aromatic heterocycles. The highest BCUT2D eigenvalue weighted by Crippen LogP contribution is 2.41. The third-order valence-corrected chi connectivity index (χ3v) is 7.12. The number of nitrogens with zero attached hydrogens (tertiary/aromatic N) is 1. The maximum atomic E-state index is 13.5. The van der Waals surface area contributed by atoms with E-state index in [9.17, 15) is 19.6 Å². The van der Waals surface area contributed by atoms with Crippen molar-refractivity contribution in [1.82, 2.24) is 5.32 Å². The smallest absolute Gasteiger partial charge is 0.338 e. The van der Waals surface area contributed by atoms with Crippen LogP contribution in [-0.4, -0.2) is 37.3 Å². The molecule has 0 unspecified atom stereocenters. The Bertz CT molecular complexity index is 1540.